The first-order chi connectivity index (χ1) is 8.94. The Morgan fingerprint density at radius 3 is 2.89 bits per heavy atom. The van der Waals surface area contributed by atoms with E-state index in [0.717, 1.165) is 31.6 Å². The minimum Gasteiger partial charge on any atom is -0.444 e. The average Bonchev–Trinajstić information content (AvgIpc) is 2.77. The predicted molar refractivity (Wildman–Crippen MR) is 73.9 cm³/mol. The highest BCUT2D eigenvalue weighted by Gasteiger charge is 2.29. The van der Waals surface area contributed by atoms with Crippen LogP contribution in [0.15, 0.2) is 24.4 Å². The summed E-state index contributed by atoms with van der Waals surface area (Å²) < 4.78 is 5.39. The molecular weight excluding hydrogens is 240 g/mol. The van der Waals surface area contributed by atoms with Gasteiger partial charge in [-0.25, -0.2) is 4.79 Å². The number of ether oxygens (including phenoxy) is 1. The molecule has 0 spiro atoms. The molecule has 2 heterocycles. The molecule has 1 aliphatic rings. The number of hydrogen-bond donors (Lipinski definition) is 0. The molecule has 1 aromatic heterocycles. The Morgan fingerprint density at radius 2 is 2.26 bits per heavy atom. The largest absolute Gasteiger partial charge is 0.444 e. The molecule has 4 heteroatoms. The van der Waals surface area contributed by atoms with Crippen molar-refractivity contribution in [2.45, 2.75) is 39.2 Å². The summed E-state index contributed by atoms with van der Waals surface area (Å²) in [5.41, 5.74) is 0.675. The third-order valence-electron chi connectivity index (χ3n) is 3.16. The van der Waals surface area contributed by atoms with E-state index in [1.165, 1.54) is 0 Å². The van der Waals surface area contributed by atoms with E-state index in [4.69, 9.17) is 4.74 Å². The Labute approximate surface area is 114 Å². The summed E-state index contributed by atoms with van der Waals surface area (Å²) in [5.74, 6) is 0.488. The minimum absolute atomic E-state index is 0.198. The second-order valence-electron chi connectivity index (χ2n) is 6.11. The van der Waals surface area contributed by atoms with Crippen molar-refractivity contribution in [3.8, 4) is 0 Å². The van der Waals surface area contributed by atoms with Gasteiger partial charge < -0.3 is 9.64 Å². The van der Waals surface area contributed by atoms with Crippen LogP contribution in [0.3, 0.4) is 0 Å². The average molecular weight is 262 g/mol. The number of hydrogen-bond acceptors (Lipinski definition) is 3. The van der Waals surface area contributed by atoms with Crippen molar-refractivity contribution in [1.29, 1.82) is 0 Å². The van der Waals surface area contributed by atoms with Gasteiger partial charge in [-0.05, 0) is 51.7 Å². The van der Waals surface area contributed by atoms with Crippen molar-refractivity contribution in [3.05, 3.63) is 30.1 Å². The monoisotopic (exact) mass is 262 g/mol. The minimum atomic E-state index is -0.420. The molecule has 104 valence electrons. The zero-order valence-electron chi connectivity index (χ0n) is 11.9. The molecule has 0 bridgehead atoms. The molecule has 1 fully saturated rings. The van der Waals surface area contributed by atoms with Gasteiger partial charge in [0.25, 0.3) is 0 Å². The van der Waals surface area contributed by atoms with Gasteiger partial charge in [0.15, 0.2) is 0 Å². The SMILES string of the molecule is CC(C)(C)OC(=O)N1CC[C@H](Cc2ccccn2)C1. The Hall–Kier alpha value is -1.58. The van der Waals surface area contributed by atoms with E-state index in [9.17, 15) is 4.79 Å². The topological polar surface area (TPSA) is 42.4 Å². The summed E-state index contributed by atoms with van der Waals surface area (Å²) >= 11 is 0. The van der Waals surface area contributed by atoms with Crippen molar-refractivity contribution in [3.63, 3.8) is 0 Å². The normalized spacial score (nSPS) is 19.5. The van der Waals surface area contributed by atoms with Gasteiger partial charge in [0.2, 0.25) is 0 Å². The van der Waals surface area contributed by atoms with Gasteiger partial charge >= 0.3 is 6.09 Å². The van der Waals surface area contributed by atoms with Crippen molar-refractivity contribution < 1.29 is 9.53 Å². The van der Waals surface area contributed by atoms with Crippen LogP contribution in [0, 0.1) is 5.92 Å². The zero-order valence-corrected chi connectivity index (χ0v) is 11.9. The van der Waals surface area contributed by atoms with E-state index in [0.29, 0.717) is 5.92 Å². The highest BCUT2D eigenvalue weighted by atomic mass is 16.6. The fourth-order valence-corrected chi connectivity index (χ4v) is 2.31. The maximum Gasteiger partial charge on any atom is 0.410 e. The van der Waals surface area contributed by atoms with E-state index in [2.05, 4.69) is 4.98 Å². The van der Waals surface area contributed by atoms with Crippen LogP contribution in [-0.2, 0) is 11.2 Å². The van der Waals surface area contributed by atoms with Crippen LogP contribution >= 0.6 is 0 Å². The fourth-order valence-electron chi connectivity index (χ4n) is 2.31. The molecule has 0 unspecified atom stereocenters. The summed E-state index contributed by atoms with van der Waals surface area (Å²) in [6, 6.07) is 5.96. The smallest absolute Gasteiger partial charge is 0.410 e. The molecule has 1 aromatic rings. The van der Waals surface area contributed by atoms with Crippen LogP contribution in [0.4, 0.5) is 4.79 Å². The van der Waals surface area contributed by atoms with Crippen molar-refractivity contribution in [1.82, 2.24) is 9.88 Å². The van der Waals surface area contributed by atoms with Gasteiger partial charge in [-0.3, -0.25) is 4.98 Å². The number of carbonyl (C=O) groups excluding carboxylic acids is 1. The summed E-state index contributed by atoms with van der Waals surface area (Å²) in [7, 11) is 0. The zero-order chi connectivity index (χ0) is 13.9. The molecule has 0 aliphatic carbocycles. The summed E-state index contributed by atoms with van der Waals surface area (Å²) in [6.07, 6.45) is 3.57. The fraction of sp³-hybridized carbons (Fsp3) is 0.600. The Morgan fingerprint density at radius 1 is 1.47 bits per heavy atom. The van der Waals surface area contributed by atoms with Crippen LogP contribution in [0.2, 0.25) is 0 Å². The Balaban J connectivity index is 1.85. The molecule has 0 aromatic carbocycles. The molecule has 19 heavy (non-hydrogen) atoms. The van der Waals surface area contributed by atoms with Crippen LogP contribution in [0.5, 0.6) is 0 Å². The van der Waals surface area contributed by atoms with E-state index >= 15 is 0 Å². The highest BCUT2D eigenvalue weighted by molar-refractivity contribution is 5.68. The number of carbonyl (C=O) groups is 1. The third kappa shape index (κ3) is 4.23. The molecule has 0 saturated carbocycles. The lowest BCUT2D eigenvalue weighted by Gasteiger charge is -2.24. The van der Waals surface area contributed by atoms with Crippen molar-refractivity contribution >= 4 is 6.09 Å². The molecule has 1 aliphatic heterocycles. The lowest BCUT2D eigenvalue weighted by atomic mass is 10.0. The van der Waals surface area contributed by atoms with Crippen molar-refractivity contribution in [2.24, 2.45) is 5.92 Å². The second-order valence-corrected chi connectivity index (χ2v) is 6.11. The molecule has 1 saturated heterocycles. The number of aromatic nitrogens is 1. The van der Waals surface area contributed by atoms with E-state index in [1.54, 1.807) is 4.90 Å². The number of nitrogens with zero attached hydrogens (tertiary/aromatic N) is 2. The van der Waals surface area contributed by atoms with Gasteiger partial charge in [-0.1, -0.05) is 6.07 Å². The summed E-state index contributed by atoms with van der Waals surface area (Å²) in [6.45, 7) is 7.24. The standard InChI is InChI=1S/C15H22N2O2/c1-15(2,3)19-14(18)17-9-7-12(11-17)10-13-6-4-5-8-16-13/h4-6,8,12H,7,9-11H2,1-3H3/t12-/m1/s1. The molecular formula is C15H22N2O2. The number of pyridine rings is 1. The number of rotatable bonds is 2. The molecule has 0 radical (unpaired) electrons. The van der Waals surface area contributed by atoms with Crippen molar-refractivity contribution in [2.75, 3.05) is 13.1 Å². The molecule has 0 N–H and O–H groups in total. The number of likely N-dealkylation sites (tertiary alicyclic amines) is 1. The third-order valence-corrected chi connectivity index (χ3v) is 3.16. The summed E-state index contributed by atoms with van der Waals surface area (Å²) in [5, 5.41) is 0. The Bertz CT molecular complexity index is 426. The molecule has 4 nitrogen and oxygen atoms in total. The first kappa shape index (κ1) is 13.8. The van der Waals surface area contributed by atoms with Gasteiger partial charge in [-0.15, -0.1) is 0 Å². The predicted octanol–water partition coefficient (Wildman–Crippen LogP) is 2.88. The van der Waals surface area contributed by atoms with Gasteiger partial charge in [0.05, 0.1) is 0 Å². The lowest BCUT2D eigenvalue weighted by molar-refractivity contribution is 0.0288. The van der Waals surface area contributed by atoms with Crippen LogP contribution in [0.25, 0.3) is 0 Å². The van der Waals surface area contributed by atoms with Crippen LogP contribution in [-0.4, -0.2) is 34.7 Å². The maximum absolute atomic E-state index is 11.9. The van der Waals surface area contributed by atoms with E-state index < -0.39 is 5.60 Å². The first-order valence-corrected chi connectivity index (χ1v) is 6.82. The van der Waals surface area contributed by atoms with Gasteiger partial charge in [0, 0.05) is 25.0 Å². The molecule has 2 rings (SSSR count). The molecule has 1 amide bonds. The van der Waals surface area contributed by atoms with Gasteiger partial charge in [-0.2, -0.15) is 0 Å². The van der Waals surface area contributed by atoms with Gasteiger partial charge in [0.1, 0.15) is 5.60 Å². The van der Waals surface area contributed by atoms with E-state index in [1.807, 2.05) is 45.2 Å². The summed E-state index contributed by atoms with van der Waals surface area (Å²) in [4.78, 5) is 18.1. The van der Waals surface area contributed by atoms with E-state index in [-0.39, 0.29) is 6.09 Å². The lowest BCUT2D eigenvalue weighted by Crippen LogP contribution is -2.35. The quantitative estimate of drug-likeness (QED) is 0.823. The highest BCUT2D eigenvalue weighted by Crippen LogP contribution is 2.22. The first-order valence-electron chi connectivity index (χ1n) is 6.82. The number of amides is 1. The van der Waals surface area contributed by atoms with Crippen LogP contribution < -0.4 is 0 Å². The second kappa shape index (κ2) is 5.59. The maximum atomic E-state index is 11.9. The van der Waals surface area contributed by atoms with Crippen LogP contribution in [0.1, 0.15) is 32.9 Å². The Kier molecular flexibility index (Phi) is 4.08. The molecule has 1 atom stereocenters.